The summed E-state index contributed by atoms with van der Waals surface area (Å²) in [6.07, 6.45) is 3.46. The molecule has 1 atom stereocenters. The summed E-state index contributed by atoms with van der Waals surface area (Å²) in [4.78, 5) is 32.3. The van der Waals surface area contributed by atoms with Crippen LogP contribution in [0.25, 0.3) is 0 Å². The SMILES string of the molecule is Cc1ccc(CN2CCN(C(=O)c3cccnc3)CC2CC(N)=O)cc1. The first-order chi connectivity index (χ1) is 12.5. The van der Waals surface area contributed by atoms with Crippen LogP contribution in [0.4, 0.5) is 0 Å². The van der Waals surface area contributed by atoms with E-state index in [9.17, 15) is 9.59 Å². The first-order valence-electron chi connectivity index (χ1n) is 8.80. The lowest BCUT2D eigenvalue weighted by molar-refractivity contribution is -0.119. The van der Waals surface area contributed by atoms with Crippen LogP contribution in [-0.4, -0.2) is 52.3 Å². The van der Waals surface area contributed by atoms with E-state index in [1.807, 2.05) is 0 Å². The maximum atomic E-state index is 12.7. The molecular weight excluding hydrogens is 328 g/mol. The summed E-state index contributed by atoms with van der Waals surface area (Å²) in [6, 6.07) is 11.8. The average Bonchev–Trinajstić information content (AvgIpc) is 2.64. The molecule has 1 aliphatic rings. The molecular formula is C20H24N4O2. The number of aryl methyl sites for hydroxylation is 1. The summed E-state index contributed by atoms with van der Waals surface area (Å²) in [6.45, 7) is 4.62. The van der Waals surface area contributed by atoms with Gasteiger partial charge in [0.25, 0.3) is 5.91 Å². The predicted molar refractivity (Wildman–Crippen MR) is 99.3 cm³/mol. The Kier molecular flexibility index (Phi) is 5.63. The second-order valence-electron chi connectivity index (χ2n) is 6.77. The number of pyridine rings is 1. The zero-order chi connectivity index (χ0) is 18.5. The van der Waals surface area contributed by atoms with Gasteiger partial charge in [0.1, 0.15) is 0 Å². The zero-order valence-corrected chi connectivity index (χ0v) is 15.0. The van der Waals surface area contributed by atoms with Crippen molar-refractivity contribution in [1.29, 1.82) is 0 Å². The number of amides is 2. The molecule has 6 heteroatoms. The Balaban J connectivity index is 1.71. The van der Waals surface area contributed by atoms with Gasteiger partial charge in [-0.3, -0.25) is 19.5 Å². The van der Waals surface area contributed by atoms with Crippen molar-refractivity contribution in [2.24, 2.45) is 5.73 Å². The Morgan fingerprint density at radius 1 is 1.19 bits per heavy atom. The van der Waals surface area contributed by atoms with Gasteiger partial charge >= 0.3 is 0 Å². The van der Waals surface area contributed by atoms with Gasteiger partial charge in [0, 0.05) is 51.0 Å². The van der Waals surface area contributed by atoms with E-state index < -0.39 is 0 Å². The molecule has 1 fully saturated rings. The molecule has 136 valence electrons. The summed E-state index contributed by atoms with van der Waals surface area (Å²) in [5, 5.41) is 0. The van der Waals surface area contributed by atoms with Crippen molar-refractivity contribution in [3.8, 4) is 0 Å². The minimum absolute atomic E-state index is 0.0532. The van der Waals surface area contributed by atoms with E-state index in [-0.39, 0.29) is 24.3 Å². The lowest BCUT2D eigenvalue weighted by Crippen LogP contribution is -2.55. The first kappa shape index (κ1) is 18.1. The standard InChI is InChI=1S/C20H24N4O2/c1-15-4-6-16(7-5-15)13-23-9-10-24(14-18(23)11-19(21)25)20(26)17-3-2-8-22-12-17/h2-8,12,18H,9-11,13-14H2,1H3,(H2,21,25). The Morgan fingerprint density at radius 2 is 1.96 bits per heavy atom. The Bertz CT molecular complexity index is 761. The van der Waals surface area contributed by atoms with Gasteiger partial charge in [-0.25, -0.2) is 0 Å². The quantitative estimate of drug-likeness (QED) is 0.886. The van der Waals surface area contributed by atoms with Gasteiger partial charge in [-0.05, 0) is 24.6 Å². The van der Waals surface area contributed by atoms with Crippen LogP contribution in [0.15, 0.2) is 48.8 Å². The van der Waals surface area contributed by atoms with Gasteiger partial charge in [0.05, 0.1) is 5.56 Å². The molecule has 1 unspecified atom stereocenters. The van der Waals surface area contributed by atoms with Crippen LogP contribution in [0.5, 0.6) is 0 Å². The monoisotopic (exact) mass is 352 g/mol. The molecule has 1 saturated heterocycles. The molecule has 6 nitrogen and oxygen atoms in total. The molecule has 26 heavy (non-hydrogen) atoms. The summed E-state index contributed by atoms with van der Waals surface area (Å²) < 4.78 is 0. The Labute approximate surface area is 153 Å². The summed E-state index contributed by atoms with van der Waals surface area (Å²) in [5.41, 5.74) is 8.43. The van der Waals surface area contributed by atoms with Gasteiger partial charge in [-0.1, -0.05) is 29.8 Å². The van der Waals surface area contributed by atoms with Crippen molar-refractivity contribution in [2.75, 3.05) is 19.6 Å². The van der Waals surface area contributed by atoms with Crippen LogP contribution in [0, 0.1) is 6.92 Å². The fraction of sp³-hybridized carbons (Fsp3) is 0.350. The van der Waals surface area contributed by atoms with E-state index >= 15 is 0 Å². The van der Waals surface area contributed by atoms with Gasteiger partial charge in [0.2, 0.25) is 5.91 Å². The number of hydrogen-bond acceptors (Lipinski definition) is 4. The second-order valence-corrected chi connectivity index (χ2v) is 6.77. The van der Waals surface area contributed by atoms with E-state index in [1.54, 1.807) is 29.4 Å². The number of hydrogen-bond donors (Lipinski definition) is 1. The number of nitrogens with zero attached hydrogens (tertiary/aromatic N) is 3. The van der Waals surface area contributed by atoms with Crippen LogP contribution in [0.2, 0.25) is 0 Å². The second kappa shape index (κ2) is 8.10. The highest BCUT2D eigenvalue weighted by atomic mass is 16.2. The average molecular weight is 352 g/mol. The lowest BCUT2D eigenvalue weighted by atomic mass is 10.0. The van der Waals surface area contributed by atoms with Gasteiger partial charge in [0.15, 0.2) is 0 Å². The molecule has 1 aromatic carbocycles. The van der Waals surface area contributed by atoms with Crippen LogP contribution in [-0.2, 0) is 11.3 Å². The molecule has 1 aromatic heterocycles. The first-order valence-corrected chi connectivity index (χ1v) is 8.80. The number of primary amides is 1. The number of carbonyl (C=O) groups is 2. The number of rotatable bonds is 5. The highest BCUT2D eigenvalue weighted by molar-refractivity contribution is 5.94. The molecule has 0 aliphatic carbocycles. The van der Waals surface area contributed by atoms with E-state index in [0.29, 0.717) is 25.2 Å². The number of nitrogens with two attached hydrogens (primary N) is 1. The third-order valence-corrected chi connectivity index (χ3v) is 4.74. The minimum Gasteiger partial charge on any atom is -0.370 e. The lowest BCUT2D eigenvalue weighted by Gasteiger charge is -2.41. The van der Waals surface area contributed by atoms with Crippen molar-refractivity contribution in [2.45, 2.75) is 25.9 Å². The number of aromatic nitrogens is 1. The third kappa shape index (κ3) is 4.46. The van der Waals surface area contributed by atoms with Crippen molar-refractivity contribution in [1.82, 2.24) is 14.8 Å². The number of benzene rings is 1. The third-order valence-electron chi connectivity index (χ3n) is 4.74. The van der Waals surface area contributed by atoms with E-state index in [0.717, 1.165) is 6.54 Å². The smallest absolute Gasteiger partial charge is 0.255 e. The molecule has 2 amide bonds. The topological polar surface area (TPSA) is 79.5 Å². The van der Waals surface area contributed by atoms with Crippen molar-refractivity contribution >= 4 is 11.8 Å². The maximum absolute atomic E-state index is 12.7. The van der Waals surface area contributed by atoms with Crippen molar-refractivity contribution < 1.29 is 9.59 Å². The highest BCUT2D eigenvalue weighted by Crippen LogP contribution is 2.18. The van der Waals surface area contributed by atoms with E-state index in [2.05, 4.69) is 41.1 Å². The van der Waals surface area contributed by atoms with Crippen molar-refractivity contribution in [3.05, 3.63) is 65.5 Å². The predicted octanol–water partition coefficient (Wildman–Crippen LogP) is 1.59. The van der Waals surface area contributed by atoms with Crippen LogP contribution in [0.3, 0.4) is 0 Å². The zero-order valence-electron chi connectivity index (χ0n) is 15.0. The summed E-state index contributed by atoms with van der Waals surface area (Å²) in [5.74, 6) is -0.401. The molecule has 0 saturated carbocycles. The van der Waals surface area contributed by atoms with Crippen LogP contribution in [0.1, 0.15) is 27.9 Å². The maximum Gasteiger partial charge on any atom is 0.255 e. The van der Waals surface area contributed by atoms with E-state index in [1.165, 1.54) is 11.1 Å². The van der Waals surface area contributed by atoms with Crippen LogP contribution >= 0.6 is 0 Å². The molecule has 0 spiro atoms. The molecule has 2 N–H and O–H groups in total. The fourth-order valence-corrected chi connectivity index (χ4v) is 3.31. The summed E-state index contributed by atoms with van der Waals surface area (Å²) >= 11 is 0. The number of carbonyl (C=O) groups excluding carboxylic acids is 2. The molecule has 0 radical (unpaired) electrons. The van der Waals surface area contributed by atoms with E-state index in [4.69, 9.17) is 5.73 Å². The minimum atomic E-state index is -0.348. The molecule has 2 aromatic rings. The highest BCUT2D eigenvalue weighted by Gasteiger charge is 2.31. The Hall–Kier alpha value is -2.73. The van der Waals surface area contributed by atoms with Gasteiger partial charge < -0.3 is 10.6 Å². The molecule has 0 bridgehead atoms. The Morgan fingerprint density at radius 3 is 2.62 bits per heavy atom. The number of piperazine rings is 1. The molecule has 2 heterocycles. The molecule has 3 rings (SSSR count). The van der Waals surface area contributed by atoms with Gasteiger partial charge in [-0.15, -0.1) is 0 Å². The summed E-state index contributed by atoms with van der Waals surface area (Å²) in [7, 11) is 0. The largest absolute Gasteiger partial charge is 0.370 e. The van der Waals surface area contributed by atoms with Crippen molar-refractivity contribution in [3.63, 3.8) is 0 Å². The normalized spacial score (nSPS) is 17.9. The van der Waals surface area contributed by atoms with Gasteiger partial charge in [-0.2, -0.15) is 0 Å². The van der Waals surface area contributed by atoms with Crippen LogP contribution < -0.4 is 5.73 Å². The fourth-order valence-electron chi connectivity index (χ4n) is 3.31. The molecule has 1 aliphatic heterocycles.